The predicted octanol–water partition coefficient (Wildman–Crippen LogP) is 1.88. The fourth-order valence-electron chi connectivity index (χ4n) is 1.76. The number of nitrogens with two attached hydrogens (primary N) is 1. The Morgan fingerprint density at radius 1 is 1.47 bits per heavy atom. The van der Waals surface area contributed by atoms with Gasteiger partial charge < -0.3 is 20.9 Å². The van der Waals surface area contributed by atoms with Gasteiger partial charge in [0.2, 0.25) is 5.88 Å². The van der Waals surface area contributed by atoms with E-state index in [9.17, 15) is 5.11 Å². The van der Waals surface area contributed by atoms with E-state index in [1.165, 1.54) is 0 Å². The molecule has 0 aromatic carbocycles. The van der Waals surface area contributed by atoms with E-state index in [0.29, 0.717) is 24.1 Å². The van der Waals surface area contributed by atoms with E-state index in [1.54, 1.807) is 6.07 Å². The summed E-state index contributed by atoms with van der Waals surface area (Å²) in [5.74, 6) is 1.65. The quantitative estimate of drug-likeness (QED) is 0.701. The zero-order valence-corrected chi connectivity index (χ0v) is 11.6. The smallest absolute Gasteiger partial charge is 0.239 e. The molecule has 0 amide bonds. The standard InChI is InChI=1S/C14H23N3O2/c1-10(2)7-19-13-11(15)3-4-12(17-13)16-8-14(9-18)5-6-14/h3-4,10,18H,5-9,15H2,1-2H3,(H,16,17). The summed E-state index contributed by atoms with van der Waals surface area (Å²) in [7, 11) is 0. The number of aliphatic hydroxyl groups is 1. The van der Waals surface area contributed by atoms with E-state index in [2.05, 4.69) is 24.1 Å². The molecule has 0 unspecified atom stereocenters. The Kier molecular flexibility index (Phi) is 4.14. The van der Waals surface area contributed by atoms with Gasteiger partial charge >= 0.3 is 0 Å². The average Bonchev–Trinajstić information content (AvgIpc) is 3.17. The maximum absolute atomic E-state index is 9.27. The van der Waals surface area contributed by atoms with Crippen LogP contribution in [0.4, 0.5) is 11.5 Å². The van der Waals surface area contributed by atoms with Gasteiger partial charge in [0.05, 0.1) is 18.9 Å². The number of aliphatic hydroxyl groups excluding tert-OH is 1. The summed E-state index contributed by atoms with van der Waals surface area (Å²) in [6.45, 7) is 5.73. The summed E-state index contributed by atoms with van der Waals surface area (Å²) in [6.07, 6.45) is 2.14. The van der Waals surface area contributed by atoms with Gasteiger partial charge in [0.25, 0.3) is 0 Å². The Hall–Kier alpha value is -1.49. The highest BCUT2D eigenvalue weighted by atomic mass is 16.5. The van der Waals surface area contributed by atoms with Gasteiger partial charge in [-0.05, 0) is 30.9 Å². The van der Waals surface area contributed by atoms with Crippen LogP contribution >= 0.6 is 0 Å². The van der Waals surface area contributed by atoms with Gasteiger partial charge in [0.15, 0.2) is 0 Å². The molecule has 1 aromatic rings. The van der Waals surface area contributed by atoms with Gasteiger partial charge in [0, 0.05) is 12.0 Å². The highest BCUT2D eigenvalue weighted by Crippen LogP contribution is 2.44. The lowest BCUT2D eigenvalue weighted by Gasteiger charge is -2.15. The Balaban J connectivity index is 1.95. The van der Waals surface area contributed by atoms with Gasteiger partial charge in [-0.15, -0.1) is 0 Å². The van der Waals surface area contributed by atoms with Crippen molar-refractivity contribution in [3.8, 4) is 5.88 Å². The summed E-state index contributed by atoms with van der Waals surface area (Å²) in [4.78, 5) is 4.37. The van der Waals surface area contributed by atoms with E-state index in [4.69, 9.17) is 10.5 Å². The van der Waals surface area contributed by atoms with E-state index >= 15 is 0 Å². The van der Waals surface area contributed by atoms with Gasteiger partial charge in [-0.2, -0.15) is 4.98 Å². The number of anilines is 2. The van der Waals surface area contributed by atoms with Crippen molar-refractivity contribution < 1.29 is 9.84 Å². The van der Waals surface area contributed by atoms with Gasteiger partial charge in [-0.25, -0.2) is 0 Å². The highest BCUT2D eigenvalue weighted by molar-refractivity contribution is 5.53. The summed E-state index contributed by atoms with van der Waals surface area (Å²) in [6, 6.07) is 3.63. The lowest BCUT2D eigenvalue weighted by molar-refractivity contribution is 0.219. The first-order valence-corrected chi connectivity index (χ1v) is 6.79. The molecule has 1 heterocycles. The van der Waals surface area contributed by atoms with E-state index in [-0.39, 0.29) is 12.0 Å². The predicted molar refractivity (Wildman–Crippen MR) is 76.2 cm³/mol. The molecule has 5 heteroatoms. The maximum Gasteiger partial charge on any atom is 0.239 e. The van der Waals surface area contributed by atoms with Crippen molar-refractivity contribution in [2.75, 3.05) is 30.8 Å². The summed E-state index contributed by atoms with van der Waals surface area (Å²) >= 11 is 0. The molecule has 1 aliphatic carbocycles. The molecular formula is C14H23N3O2. The summed E-state index contributed by atoms with van der Waals surface area (Å²) in [5.41, 5.74) is 6.45. The van der Waals surface area contributed by atoms with Crippen LogP contribution in [0.25, 0.3) is 0 Å². The first kappa shape index (κ1) is 13.9. The van der Waals surface area contributed by atoms with Crippen molar-refractivity contribution in [2.45, 2.75) is 26.7 Å². The number of nitrogens with zero attached hydrogens (tertiary/aromatic N) is 1. The van der Waals surface area contributed by atoms with Gasteiger partial charge in [0.1, 0.15) is 5.82 Å². The lowest BCUT2D eigenvalue weighted by Crippen LogP contribution is -2.19. The van der Waals surface area contributed by atoms with Crippen LogP contribution < -0.4 is 15.8 Å². The number of pyridine rings is 1. The first-order chi connectivity index (χ1) is 9.04. The van der Waals surface area contributed by atoms with Crippen molar-refractivity contribution in [3.05, 3.63) is 12.1 Å². The van der Waals surface area contributed by atoms with Crippen molar-refractivity contribution in [1.29, 1.82) is 0 Å². The van der Waals surface area contributed by atoms with E-state index < -0.39 is 0 Å². The average molecular weight is 265 g/mol. The minimum Gasteiger partial charge on any atom is -0.476 e. The molecule has 2 rings (SSSR count). The van der Waals surface area contributed by atoms with Crippen LogP contribution in [0, 0.1) is 11.3 Å². The molecule has 0 saturated heterocycles. The van der Waals surface area contributed by atoms with E-state index in [1.807, 2.05) is 6.07 Å². The molecular weight excluding hydrogens is 242 g/mol. The second kappa shape index (κ2) is 5.65. The molecule has 19 heavy (non-hydrogen) atoms. The van der Waals surface area contributed by atoms with Crippen molar-refractivity contribution in [1.82, 2.24) is 4.98 Å². The lowest BCUT2D eigenvalue weighted by atomic mass is 10.1. The third-order valence-corrected chi connectivity index (χ3v) is 3.38. The number of rotatable bonds is 7. The molecule has 0 spiro atoms. The van der Waals surface area contributed by atoms with Gasteiger partial charge in [-0.3, -0.25) is 0 Å². The zero-order chi connectivity index (χ0) is 13.9. The number of hydrogen-bond acceptors (Lipinski definition) is 5. The molecule has 4 N–H and O–H groups in total. The summed E-state index contributed by atoms with van der Waals surface area (Å²) < 4.78 is 5.59. The fraction of sp³-hybridized carbons (Fsp3) is 0.643. The molecule has 1 aromatic heterocycles. The second-order valence-corrected chi connectivity index (χ2v) is 5.81. The normalized spacial score (nSPS) is 16.4. The monoisotopic (exact) mass is 265 g/mol. The largest absolute Gasteiger partial charge is 0.476 e. The Labute approximate surface area is 114 Å². The van der Waals surface area contributed by atoms with Gasteiger partial charge in [-0.1, -0.05) is 13.8 Å². The number of ether oxygens (including phenoxy) is 1. The number of nitrogens with one attached hydrogen (secondary N) is 1. The van der Waals surface area contributed by atoms with Crippen molar-refractivity contribution in [3.63, 3.8) is 0 Å². The molecule has 1 saturated carbocycles. The topological polar surface area (TPSA) is 80.4 Å². The molecule has 0 atom stereocenters. The molecule has 0 aliphatic heterocycles. The van der Waals surface area contributed by atoms with Crippen LogP contribution in [0.15, 0.2) is 12.1 Å². The van der Waals surface area contributed by atoms with Crippen LogP contribution in [0.2, 0.25) is 0 Å². The maximum atomic E-state index is 9.27. The van der Waals surface area contributed by atoms with Crippen LogP contribution in [0.5, 0.6) is 5.88 Å². The Morgan fingerprint density at radius 2 is 2.21 bits per heavy atom. The van der Waals surface area contributed by atoms with Crippen LogP contribution in [-0.2, 0) is 0 Å². The van der Waals surface area contributed by atoms with Crippen LogP contribution in [0.1, 0.15) is 26.7 Å². The molecule has 5 nitrogen and oxygen atoms in total. The zero-order valence-electron chi connectivity index (χ0n) is 11.6. The minimum absolute atomic E-state index is 0.0576. The molecule has 1 fully saturated rings. The number of hydrogen-bond donors (Lipinski definition) is 3. The summed E-state index contributed by atoms with van der Waals surface area (Å²) in [5, 5.41) is 12.5. The Morgan fingerprint density at radius 3 is 2.79 bits per heavy atom. The third-order valence-electron chi connectivity index (χ3n) is 3.38. The minimum atomic E-state index is 0.0576. The molecule has 1 aliphatic rings. The Bertz CT molecular complexity index is 431. The number of nitrogen functional groups attached to an aromatic ring is 1. The van der Waals surface area contributed by atoms with Crippen molar-refractivity contribution >= 4 is 11.5 Å². The van der Waals surface area contributed by atoms with Crippen LogP contribution in [0.3, 0.4) is 0 Å². The third kappa shape index (κ3) is 3.73. The van der Waals surface area contributed by atoms with E-state index in [0.717, 1.165) is 25.2 Å². The second-order valence-electron chi connectivity index (χ2n) is 5.81. The first-order valence-electron chi connectivity index (χ1n) is 6.79. The van der Waals surface area contributed by atoms with Crippen molar-refractivity contribution in [2.24, 2.45) is 11.3 Å². The SMILES string of the molecule is CC(C)COc1nc(NCC2(CO)CC2)ccc1N. The van der Waals surface area contributed by atoms with Crippen LogP contribution in [-0.4, -0.2) is 29.8 Å². The molecule has 0 bridgehead atoms. The molecule has 0 radical (unpaired) electrons. The number of aromatic nitrogens is 1. The fourth-order valence-corrected chi connectivity index (χ4v) is 1.76. The molecule has 106 valence electrons. The highest BCUT2D eigenvalue weighted by Gasteiger charge is 2.41.